The molecule has 0 spiro atoms. The van der Waals surface area contributed by atoms with E-state index in [1.807, 2.05) is 30.3 Å². The summed E-state index contributed by atoms with van der Waals surface area (Å²) in [6, 6.07) is 9.48. The van der Waals surface area contributed by atoms with Crippen LogP contribution < -0.4 is 0 Å². The summed E-state index contributed by atoms with van der Waals surface area (Å²) in [5, 5.41) is 8.81. The Kier molecular flexibility index (Phi) is 4.57. The first-order valence-corrected chi connectivity index (χ1v) is 4.73. The molecule has 0 unspecified atom stereocenters. The van der Waals surface area contributed by atoms with Crippen molar-refractivity contribution >= 4 is 5.97 Å². The Labute approximate surface area is 89.0 Å². The lowest BCUT2D eigenvalue weighted by Crippen LogP contribution is -2.22. The van der Waals surface area contributed by atoms with Crippen LogP contribution in [-0.4, -0.2) is 17.2 Å². The Morgan fingerprint density at radius 3 is 2.67 bits per heavy atom. The summed E-state index contributed by atoms with van der Waals surface area (Å²) < 4.78 is 5.26. The van der Waals surface area contributed by atoms with E-state index in [2.05, 4.69) is 6.58 Å². The quantitative estimate of drug-likeness (QED) is 0.726. The minimum absolute atomic E-state index is 0.311. The Morgan fingerprint density at radius 1 is 1.47 bits per heavy atom. The van der Waals surface area contributed by atoms with E-state index in [1.54, 1.807) is 6.08 Å². The minimum Gasteiger partial charge on any atom is -0.479 e. The molecule has 0 fully saturated rings. The molecule has 0 saturated heterocycles. The van der Waals surface area contributed by atoms with Gasteiger partial charge in [0.05, 0.1) is 6.61 Å². The number of carbonyl (C=O) groups is 1. The average Bonchev–Trinajstić information content (AvgIpc) is 2.25. The monoisotopic (exact) mass is 206 g/mol. The fourth-order valence-corrected chi connectivity index (χ4v) is 1.16. The maximum absolute atomic E-state index is 10.7. The largest absolute Gasteiger partial charge is 0.479 e. The fourth-order valence-electron chi connectivity index (χ4n) is 1.16. The highest BCUT2D eigenvalue weighted by atomic mass is 16.5. The number of carboxylic acids is 1. The van der Waals surface area contributed by atoms with Crippen LogP contribution in [0.5, 0.6) is 0 Å². The summed E-state index contributed by atoms with van der Waals surface area (Å²) in [5.41, 5.74) is 0.966. The summed E-state index contributed by atoms with van der Waals surface area (Å²) in [4.78, 5) is 10.7. The molecule has 0 radical (unpaired) electrons. The van der Waals surface area contributed by atoms with Gasteiger partial charge in [-0.2, -0.15) is 0 Å². The molecule has 1 aromatic carbocycles. The van der Waals surface area contributed by atoms with E-state index >= 15 is 0 Å². The molecule has 0 heterocycles. The molecule has 1 aromatic rings. The topological polar surface area (TPSA) is 46.5 Å². The van der Waals surface area contributed by atoms with Crippen molar-refractivity contribution in [1.82, 2.24) is 0 Å². The Hall–Kier alpha value is -1.61. The first-order chi connectivity index (χ1) is 7.24. The maximum atomic E-state index is 10.7. The molecule has 0 aliphatic carbocycles. The van der Waals surface area contributed by atoms with Crippen LogP contribution in [0.25, 0.3) is 0 Å². The standard InChI is InChI=1S/C12H14O3/c1-2-6-11(12(13)14)15-9-10-7-4-3-5-8-10/h2-5,7-8,11H,1,6,9H2,(H,13,14)/t11-/m1/s1. The van der Waals surface area contributed by atoms with Gasteiger partial charge in [-0.15, -0.1) is 6.58 Å². The lowest BCUT2D eigenvalue weighted by molar-refractivity contribution is -0.150. The van der Waals surface area contributed by atoms with Gasteiger partial charge in [-0.05, 0) is 5.56 Å². The molecule has 80 valence electrons. The predicted molar refractivity (Wildman–Crippen MR) is 57.5 cm³/mol. The van der Waals surface area contributed by atoms with Gasteiger partial charge in [-0.3, -0.25) is 0 Å². The van der Waals surface area contributed by atoms with Crippen LogP contribution in [0.3, 0.4) is 0 Å². The smallest absolute Gasteiger partial charge is 0.333 e. The van der Waals surface area contributed by atoms with E-state index in [0.717, 1.165) is 5.56 Å². The Bertz CT molecular complexity index is 319. The van der Waals surface area contributed by atoms with Crippen molar-refractivity contribution in [3.05, 3.63) is 48.6 Å². The molecule has 0 amide bonds. The van der Waals surface area contributed by atoms with Crippen LogP contribution in [0.15, 0.2) is 43.0 Å². The molecule has 3 heteroatoms. The van der Waals surface area contributed by atoms with Gasteiger partial charge in [0.1, 0.15) is 0 Å². The third kappa shape index (κ3) is 3.95. The average molecular weight is 206 g/mol. The van der Waals surface area contributed by atoms with Crippen molar-refractivity contribution in [1.29, 1.82) is 0 Å². The van der Waals surface area contributed by atoms with Crippen molar-refractivity contribution in [3.8, 4) is 0 Å². The highest BCUT2D eigenvalue weighted by molar-refractivity contribution is 5.72. The van der Waals surface area contributed by atoms with Crippen molar-refractivity contribution in [2.24, 2.45) is 0 Å². The first-order valence-electron chi connectivity index (χ1n) is 4.73. The maximum Gasteiger partial charge on any atom is 0.333 e. The second-order valence-electron chi connectivity index (χ2n) is 3.15. The van der Waals surface area contributed by atoms with E-state index in [-0.39, 0.29) is 0 Å². The molecule has 1 atom stereocenters. The molecule has 0 aliphatic heterocycles. The van der Waals surface area contributed by atoms with Gasteiger partial charge in [-0.1, -0.05) is 36.4 Å². The van der Waals surface area contributed by atoms with Gasteiger partial charge in [0.25, 0.3) is 0 Å². The fraction of sp³-hybridized carbons (Fsp3) is 0.250. The molecule has 1 N–H and O–H groups in total. The summed E-state index contributed by atoms with van der Waals surface area (Å²) in [6.07, 6.45) is 1.06. The van der Waals surface area contributed by atoms with E-state index in [9.17, 15) is 4.79 Å². The predicted octanol–water partition coefficient (Wildman–Crippen LogP) is 2.23. The van der Waals surface area contributed by atoms with Crippen molar-refractivity contribution < 1.29 is 14.6 Å². The third-order valence-electron chi connectivity index (χ3n) is 1.95. The van der Waals surface area contributed by atoms with Gasteiger partial charge in [0, 0.05) is 6.42 Å². The van der Waals surface area contributed by atoms with E-state index in [0.29, 0.717) is 13.0 Å². The van der Waals surface area contributed by atoms with E-state index in [1.165, 1.54) is 0 Å². The number of aliphatic carboxylic acids is 1. The van der Waals surface area contributed by atoms with Crippen molar-refractivity contribution in [3.63, 3.8) is 0 Å². The Balaban J connectivity index is 2.47. The second kappa shape index (κ2) is 5.98. The lowest BCUT2D eigenvalue weighted by Gasteiger charge is -2.11. The number of ether oxygens (including phenoxy) is 1. The highest BCUT2D eigenvalue weighted by Crippen LogP contribution is 2.06. The van der Waals surface area contributed by atoms with Gasteiger partial charge in [-0.25, -0.2) is 4.79 Å². The molecule has 0 saturated carbocycles. The number of rotatable bonds is 6. The molecule has 3 nitrogen and oxygen atoms in total. The van der Waals surface area contributed by atoms with Crippen LogP contribution in [0, 0.1) is 0 Å². The second-order valence-corrected chi connectivity index (χ2v) is 3.15. The zero-order chi connectivity index (χ0) is 11.1. The molecule has 1 rings (SSSR count). The van der Waals surface area contributed by atoms with Gasteiger partial charge in [0.2, 0.25) is 0 Å². The number of hydrogen-bond acceptors (Lipinski definition) is 2. The molecular weight excluding hydrogens is 192 g/mol. The molecule has 0 aliphatic rings. The Morgan fingerprint density at radius 2 is 2.13 bits per heavy atom. The molecule has 0 aromatic heterocycles. The number of benzene rings is 1. The van der Waals surface area contributed by atoms with Gasteiger partial charge >= 0.3 is 5.97 Å². The van der Waals surface area contributed by atoms with Crippen LogP contribution in [0.4, 0.5) is 0 Å². The minimum atomic E-state index is -0.953. The van der Waals surface area contributed by atoms with Crippen LogP contribution >= 0.6 is 0 Å². The van der Waals surface area contributed by atoms with E-state index < -0.39 is 12.1 Å². The lowest BCUT2D eigenvalue weighted by atomic mass is 10.2. The zero-order valence-electron chi connectivity index (χ0n) is 8.43. The van der Waals surface area contributed by atoms with Crippen LogP contribution in [0.2, 0.25) is 0 Å². The number of carboxylic acid groups (broad SMARTS) is 1. The summed E-state index contributed by atoms with van der Waals surface area (Å²) in [5.74, 6) is -0.953. The molecule has 0 bridgehead atoms. The highest BCUT2D eigenvalue weighted by Gasteiger charge is 2.15. The van der Waals surface area contributed by atoms with Crippen molar-refractivity contribution in [2.75, 3.05) is 0 Å². The summed E-state index contributed by atoms with van der Waals surface area (Å²) in [6.45, 7) is 3.81. The normalized spacial score (nSPS) is 12.0. The van der Waals surface area contributed by atoms with Gasteiger partial charge in [0.15, 0.2) is 6.10 Å². The summed E-state index contributed by atoms with van der Waals surface area (Å²) >= 11 is 0. The zero-order valence-corrected chi connectivity index (χ0v) is 8.43. The van der Waals surface area contributed by atoms with Crippen LogP contribution in [0.1, 0.15) is 12.0 Å². The van der Waals surface area contributed by atoms with Crippen LogP contribution in [-0.2, 0) is 16.1 Å². The molecular formula is C12H14O3. The first kappa shape index (κ1) is 11.5. The third-order valence-corrected chi connectivity index (χ3v) is 1.95. The SMILES string of the molecule is C=CC[C@@H](OCc1ccccc1)C(=O)O. The van der Waals surface area contributed by atoms with Gasteiger partial charge < -0.3 is 9.84 Å². The van der Waals surface area contributed by atoms with Crippen molar-refractivity contribution in [2.45, 2.75) is 19.1 Å². The summed E-state index contributed by atoms with van der Waals surface area (Å²) in [7, 11) is 0. The number of hydrogen-bond donors (Lipinski definition) is 1. The van der Waals surface area contributed by atoms with E-state index in [4.69, 9.17) is 9.84 Å². The molecule has 15 heavy (non-hydrogen) atoms.